The lowest BCUT2D eigenvalue weighted by molar-refractivity contribution is -0.155. The number of ether oxygens (including phenoxy) is 1. The number of aliphatic hydroxyl groups is 1. The lowest BCUT2D eigenvalue weighted by Crippen LogP contribution is -2.43. The Morgan fingerprint density at radius 3 is 2.41 bits per heavy atom. The van der Waals surface area contributed by atoms with Crippen molar-refractivity contribution in [3.63, 3.8) is 0 Å². The molecule has 1 aromatic carbocycles. The Labute approximate surface area is 130 Å². The van der Waals surface area contributed by atoms with E-state index in [9.17, 15) is 9.90 Å². The molecule has 2 saturated heterocycles. The second-order valence-electron chi connectivity index (χ2n) is 6.23. The van der Waals surface area contributed by atoms with Gasteiger partial charge in [0.1, 0.15) is 12.0 Å². The quantitative estimate of drug-likeness (QED) is 0.865. The van der Waals surface area contributed by atoms with Crippen molar-refractivity contribution < 1.29 is 19.3 Å². The monoisotopic (exact) mass is 309 g/mol. The van der Waals surface area contributed by atoms with Crippen LogP contribution >= 0.6 is 0 Å². The second kappa shape index (κ2) is 7.20. The van der Waals surface area contributed by atoms with Crippen LogP contribution in [0.25, 0.3) is 0 Å². The number of carbonyl (C=O) groups excluding carboxylic acids is 1. The molecule has 122 valence electrons. The predicted octanol–water partition coefficient (Wildman–Crippen LogP) is 2.08. The highest BCUT2D eigenvalue weighted by atomic mass is 19.0. The molecule has 3 atom stereocenters. The summed E-state index contributed by atoms with van der Waals surface area (Å²) in [5.74, 6) is -0.860. The first-order valence-electron chi connectivity index (χ1n) is 7.77. The van der Waals surface area contributed by atoms with Gasteiger partial charge in [-0.3, -0.25) is 9.50 Å². The minimum absolute atomic E-state index is 0. The van der Waals surface area contributed by atoms with Crippen LogP contribution in [0.5, 0.6) is 0 Å². The zero-order valence-corrected chi connectivity index (χ0v) is 12.9. The molecule has 2 fully saturated rings. The summed E-state index contributed by atoms with van der Waals surface area (Å²) < 4.78 is 5.70. The molecule has 0 saturated carbocycles. The van der Waals surface area contributed by atoms with Crippen molar-refractivity contribution >= 4 is 5.97 Å². The van der Waals surface area contributed by atoms with Gasteiger partial charge in [0.05, 0.1) is 6.61 Å². The van der Waals surface area contributed by atoms with Gasteiger partial charge in [0.2, 0.25) is 0 Å². The molecule has 2 bridgehead atoms. The van der Waals surface area contributed by atoms with Crippen molar-refractivity contribution in [3.05, 3.63) is 35.9 Å². The molecule has 0 aromatic heterocycles. The highest BCUT2D eigenvalue weighted by Crippen LogP contribution is 2.36. The molecule has 22 heavy (non-hydrogen) atoms. The number of fused-ring (bicyclic) bond motifs is 2. The van der Waals surface area contributed by atoms with E-state index >= 15 is 0 Å². The topological polar surface area (TPSA) is 49.8 Å². The zero-order chi connectivity index (χ0) is 14.8. The molecule has 2 heterocycles. The smallest absolute Gasteiger partial charge is 0.316 e. The number of piperidine rings is 1. The number of aliphatic hydroxyl groups excluding tert-OH is 1. The van der Waals surface area contributed by atoms with Gasteiger partial charge in [0, 0.05) is 12.1 Å². The molecule has 0 amide bonds. The Hall–Kier alpha value is -1.46. The molecule has 0 spiro atoms. The van der Waals surface area contributed by atoms with E-state index in [2.05, 4.69) is 11.9 Å². The number of hydrogen-bond donors (Lipinski definition) is 1. The number of hydrogen-bond acceptors (Lipinski definition) is 4. The number of halogens is 1. The van der Waals surface area contributed by atoms with Gasteiger partial charge in [-0.1, -0.05) is 30.3 Å². The number of benzene rings is 1. The SMILES string of the molecule is CN1C2CCC1CC(OC(=O)C(CO)c1ccccc1)C2.F. The number of carbonyl (C=O) groups is 1. The Morgan fingerprint density at radius 1 is 1.27 bits per heavy atom. The summed E-state index contributed by atoms with van der Waals surface area (Å²) in [5, 5.41) is 9.53. The number of esters is 1. The normalized spacial score (nSPS) is 28.7. The minimum atomic E-state index is -0.566. The van der Waals surface area contributed by atoms with Crippen LogP contribution in [0.1, 0.15) is 37.2 Å². The molecule has 5 heteroatoms. The van der Waals surface area contributed by atoms with Crippen molar-refractivity contribution in [1.82, 2.24) is 4.90 Å². The largest absolute Gasteiger partial charge is 0.462 e. The van der Waals surface area contributed by atoms with E-state index in [1.165, 1.54) is 12.8 Å². The molecule has 0 radical (unpaired) electrons. The first kappa shape index (κ1) is 16.9. The van der Waals surface area contributed by atoms with Gasteiger partial charge in [-0.15, -0.1) is 0 Å². The van der Waals surface area contributed by atoms with Crippen LogP contribution in [0, 0.1) is 0 Å². The van der Waals surface area contributed by atoms with Crippen molar-refractivity contribution in [3.8, 4) is 0 Å². The first-order valence-corrected chi connectivity index (χ1v) is 7.77. The van der Waals surface area contributed by atoms with Gasteiger partial charge in [-0.05, 0) is 38.3 Å². The van der Waals surface area contributed by atoms with Gasteiger partial charge < -0.3 is 14.7 Å². The third-order valence-electron chi connectivity index (χ3n) is 5.01. The van der Waals surface area contributed by atoms with Gasteiger partial charge in [0.15, 0.2) is 0 Å². The zero-order valence-electron chi connectivity index (χ0n) is 12.9. The maximum atomic E-state index is 12.4. The molecule has 3 unspecified atom stereocenters. The molecule has 1 N–H and O–H groups in total. The van der Waals surface area contributed by atoms with E-state index in [1.807, 2.05) is 30.3 Å². The van der Waals surface area contributed by atoms with E-state index in [4.69, 9.17) is 4.74 Å². The van der Waals surface area contributed by atoms with Crippen LogP contribution in [0.2, 0.25) is 0 Å². The van der Waals surface area contributed by atoms with E-state index < -0.39 is 5.92 Å². The lowest BCUT2D eigenvalue weighted by atomic mass is 9.98. The first-order chi connectivity index (χ1) is 10.2. The van der Waals surface area contributed by atoms with Crippen LogP contribution in [0.4, 0.5) is 4.70 Å². The average molecular weight is 309 g/mol. The third-order valence-corrected chi connectivity index (χ3v) is 5.01. The van der Waals surface area contributed by atoms with Crippen LogP contribution in [-0.2, 0) is 9.53 Å². The number of nitrogens with zero attached hydrogens (tertiary/aromatic N) is 1. The summed E-state index contributed by atoms with van der Waals surface area (Å²) in [6, 6.07) is 10.5. The van der Waals surface area contributed by atoms with E-state index in [0.29, 0.717) is 12.1 Å². The fourth-order valence-corrected chi connectivity index (χ4v) is 3.71. The summed E-state index contributed by atoms with van der Waals surface area (Å²) in [6.07, 6.45) is 4.26. The van der Waals surface area contributed by atoms with Crippen LogP contribution in [0.15, 0.2) is 30.3 Å². The Morgan fingerprint density at radius 2 is 1.86 bits per heavy atom. The highest BCUT2D eigenvalue weighted by molar-refractivity contribution is 5.78. The molecular formula is C17H24FNO3. The van der Waals surface area contributed by atoms with Crippen LogP contribution in [-0.4, -0.2) is 47.8 Å². The molecule has 2 aliphatic rings. The molecule has 3 rings (SSSR count). The Balaban J connectivity index is 0.00000176. The van der Waals surface area contributed by atoms with Gasteiger partial charge >= 0.3 is 5.97 Å². The van der Waals surface area contributed by atoms with Gasteiger partial charge in [-0.2, -0.15) is 0 Å². The fourth-order valence-electron chi connectivity index (χ4n) is 3.71. The molecule has 0 aliphatic carbocycles. The standard InChI is InChI=1S/C17H23NO3.FH/c1-18-13-7-8-14(18)10-15(9-13)21-17(20)16(11-19)12-5-3-2-4-6-12;/h2-6,13-16,19H,7-11H2,1H3;1H. The fraction of sp³-hybridized carbons (Fsp3) is 0.588. The van der Waals surface area contributed by atoms with Crippen LogP contribution < -0.4 is 0 Å². The average Bonchev–Trinajstić information content (AvgIpc) is 2.72. The van der Waals surface area contributed by atoms with Crippen LogP contribution in [0.3, 0.4) is 0 Å². The van der Waals surface area contributed by atoms with Crippen molar-refractivity contribution in [2.45, 2.75) is 49.8 Å². The molecule has 4 nitrogen and oxygen atoms in total. The summed E-state index contributed by atoms with van der Waals surface area (Å²) in [5.41, 5.74) is 0.820. The molecular weight excluding hydrogens is 285 g/mol. The maximum absolute atomic E-state index is 12.4. The van der Waals surface area contributed by atoms with Gasteiger partial charge in [0.25, 0.3) is 0 Å². The Kier molecular flexibility index (Phi) is 5.53. The van der Waals surface area contributed by atoms with Crippen molar-refractivity contribution in [2.75, 3.05) is 13.7 Å². The molecule has 1 aromatic rings. The number of rotatable bonds is 4. The van der Waals surface area contributed by atoms with Crippen molar-refractivity contribution in [1.29, 1.82) is 0 Å². The summed E-state index contributed by atoms with van der Waals surface area (Å²) in [4.78, 5) is 14.8. The summed E-state index contributed by atoms with van der Waals surface area (Å²) in [7, 11) is 2.17. The van der Waals surface area contributed by atoms with E-state index in [1.54, 1.807) is 0 Å². The third kappa shape index (κ3) is 3.31. The lowest BCUT2D eigenvalue weighted by Gasteiger charge is -2.36. The second-order valence-corrected chi connectivity index (χ2v) is 6.23. The maximum Gasteiger partial charge on any atom is 0.316 e. The Bertz CT molecular complexity index is 482. The van der Waals surface area contributed by atoms with Gasteiger partial charge in [-0.25, -0.2) is 0 Å². The summed E-state index contributed by atoms with van der Waals surface area (Å²) >= 11 is 0. The van der Waals surface area contributed by atoms with E-state index in [0.717, 1.165) is 18.4 Å². The summed E-state index contributed by atoms with van der Waals surface area (Å²) in [6.45, 7) is -0.206. The highest BCUT2D eigenvalue weighted by Gasteiger charge is 2.40. The minimum Gasteiger partial charge on any atom is -0.462 e. The van der Waals surface area contributed by atoms with E-state index in [-0.39, 0.29) is 23.4 Å². The molecule has 2 aliphatic heterocycles. The van der Waals surface area contributed by atoms with Crippen molar-refractivity contribution in [2.24, 2.45) is 0 Å². The predicted molar refractivity (Wildman–Crippen MR) is 82.5 cm³/mol.